The fourth-order valence-electron chi connectivity index (χ4n) is 3.46. The van der Waals surface area contributed by atoms with Gasteiger partial charge in [-0.3, -0.25) is 4.79 Å². The number of carbonyl (C=O) groups excluding carboxylic acids is 1. The van der Waals surface area contributed by atoms with Crippen LogP contribution < -0.4 is 9.80 Å². The Morgan fingerprint density at radius 2 is 1.75 bits per heavy atom. The van der Waals surface area contributed by atoms with E-state index in [0.717, 1.165) is 35.2 Å². The monoisotopic (exact) mass is 386 g/mol. The summed E-state index contributed by atoms with van der Waals surface area (Å²) in [6.07, 6.45) is 0.741. The van der Waals surface area contributed by atoms with Gasteiger partial charge in [-0.15, -0.1) is 0 Å². The van der Waals surface area contributed by atoms with Crippen LogP contribution in [0.15, 0.2) is 46.9 Å². The van der Waals surface area contributed by atoms with Crippen LogP contribution in [0.3, 0.4) is 0 Å². The molecule has 0 spiro atoms. The summed E-state index contributed by atoms with van der Waals surface area (Å²) in [5.74, 6) is 0.0812. The van der Waals surface area contributed by atoms with Crippen molar-refractivity contribution >= 4 is 33.2 Å². The van der Waals surface area contributed by atoms with Crippen LogP contribution in [-0.2, 0) is 11.2 Å². The van der Waals surface area contributed by atoms with Gasteiger partial charge in [-0.1, -0.05) is 28.1 Å². The molecule has 3 nitrogen and oxygen atoms in total. The largest absolute Gasteiger partial charge is 0.372 e. The molecule has 1 aliphatic heterocycles. The number of carbonyl (C=O) groups is 1. The first-order chi connectivity index (χ1) is 11.5. The van der Waals surface area contributed by atoms with E-state index >= 15 is 0 Å². The second-order valence-corrected chi connectivity index (χ2v) is 7.11. The SMILES string of the molecule is CCN(CC)c1ccc(CC2C(=O)N(C)c3ccc(Br)cc32)cc1. The molecule has 126 valence electrons. The molecule has 1 atom stereocenters. The molecule has 0 saturated carbocycles. The molecule has 0 N–H and O–H groups in total. The van der Waals surface area contributed by atoms with Gasteiger partial charge in [-0.2, -0.15) is 0 Å². The maximum atomic E-state index is 12.6. The Morgan fingerprint density at radius 3 is 2.38 bits per heavy atom. The summed E-state index contributed by atoms with van der Waals surface area (Å²) < 4.78 is 1.02. The van der Waals surface area contributed by atoms with Crippen LogP contribution in [0.5, 0.6) is 0 Å². The number of nitrogens with zero attached hydrogens (tertiary/aromatic N) is 2. The first-order valence-electron chi connectivity index (χ1n) is 8.46. The third-order valence-corrected chi connectivity index (χ3v) is 5.35. The lowest BCUT2D eigenvalue weighted by Gasteiger charge is -2.21. The Labute approximate surface area is 152 Å². The summed E-state index contributed by atoms with van der Waals surface area (Å²) in [7, 11) is 1.86. The van der Waals surface area contributed by atoms with Crippen molar-refractivity contribution in [3.05, 3.63) is 58.1 Å². The Kier molecular flexibility index (Phi) is 4.95. The number of amides is 1. The second kappa shape index (κ2) is 6.98. The molecular weight excluding hydrogens is 364 g/mol. The lowest BCUT2D eigenvalue weighted by atomic mass is 9.93. The van der Waals surface area contributed by atoms with E-state index < -0.39 is 0 Å². The first kappa shape index (κ1) is 17.0. The summed E-state index contributed by atoms with van der Waals surface area (Å²) in [6.45, 7) is 6.34. The number of halogens is 1. The van der Waals surface area contributed by atoms with Gasteiger partial charge in [-0.05, 0) is 61.7 Å². The third kappa shape index (κ3) is 3.07. The first-order valence-corrected chi connectivity index (χ1v) is 9.25. The van der Waals surface area contributed by atoms with E-state index in [1.165, 1.54) is 11.3 Å². The average molecular weight is 387 g/mol. The van der Waals surface area contributed by atoms with Gasteiger partial charge in [0.2, 0.25) is 5.91 Å². The van der Waals surface area contributed by atoms with Crippen LogP contribution >= 0.6 is 15.9 Å². The van der Waals surface area contributed by atoms with Gasteiger partial charge in [-0.25, -0.2) is 0 Å². The predicted octanol–water partition coefficient (Wildman–Crippen LogP) is 4.60. The van der Waals surface area contributed by atoms with Crippen LogP contribution in [0.1, 0.15) is 30.9 Å². The number of hydrogen-bond acceptors (Lipinski definition) is 2. The Balaban J connectivity index is 1.84. The van der Waals surface area contributed by atoms with Crippen LogP contribution in [0.2, 0.25) is 0 Å². The molecule has 1 amide bonds. The third-order valence-electron chi connectivity index (χ3n) is 4.86. The average Bonchev–Trinajstić information content (AvgIpc) is 2.82. The molecule has 0 fully saturated rings. The van der Waals surface area contributed by atoms with Crippen molar-refractivity contribution in [2.75, 3.05) is 29.9 Å². The van der Waals surface area contributed by atoms with E-state index in [2.05, 4.69) is 65.0 Å². The van der Waals surface area contributed by atoms with Crippen LogP contribution in [0.25, 0.3) is 0 Å². The van der Waals surface area contributed by atoms with Crippen molar-refractivity contribution < 1.29 is 4.79 Å². The Morgan fingerprint density at radius 1 is 1.08 bits per heavy atom. The van der Waals surface area contributed by atoms with E-state index in [-0.39, 0.29) is 11.8 Å². The maximum Gasteiger partial charge on any atom is 0.234 e. The number of rotatable bonds is 5. The minimum atomic E-state index is -0.0956. The molecule has 2 aromatic carbocycles. The number of likely N-dealkylation sites (N-methyl/N-ethyl adjacent to an activating group) is 1. The minimum absolute atomic E-state index is 0.0956. The summed E-state index contributed by atoms with van der Waals surface area (Å²) in [5, 5.41) is 0. The van der Waals surface area contributed by atoms with Gasteiger partial charge in [0.05, 0.1) is 5.92 Å². The van der Waals surface area contributed by atoms with E-state index in [1.807, 2.05) is 19.2 Å². The van der Waals surface area contributed by atoms with E-state index in [0.29, 0.717) is 0 Å². The number of anilines is 2. The van der Waals surface area contributed by atoms with Gasteiger partial charge in [0.1, 0.15) is 0 Å². The molecule has 2 aromatic rings. The normalized spacial score (nSPS) is 16.4. The minimum Gasteiger partial charge on any atom is -0.372 e. The van der Waals surface area contributed by atoms with Crippen molar-refractivity contribution in [2.24, 2.45) is 0 Å². The molecule has 1 aliphatic rings. The van der Waals surface area contributed by atoms with Gasteiger partial charge in [0.15, 0.2) is 0 Å². The zero-order valence-electron chi connectivity index (χ0n) is 14.4. The highest BCUT2D eigenvalue weighted by atomic mass is 79.9. The van der Waals surface area contributed by atoms with Gasteiger partial charge >= 0.3 is 0 Å². The van der Waals surface area contributed by atoms with Crippen LogP contribution in [0, 0.1) is 0 Å². The molecule has 0 radical (unpaired) electrons. The highest BCUT2D eigenvalue weighted by molar-refractivity contribution is 9.10. The summed E-state index contributed by atoms with van der Waals surface area (Å²) in [5.41, 5.74) is 4.57. The molecule has 0 bridgehead atoms. The van der Waals surface area contributed by atoms with Gasteiger partial charge in [0, 0.05) is 36.0 Å². The van der Waals surface area contributed by atoms with Crippen molar-refractivity contribution in [3.63, 3.8) is 0 Å². The molecule has 0 aliphatic carbocycles. The highest BCUT2D eigenvalue weighted by Gasteiger charge is 2.35. The van der Waals surface area contributed by atoms with E-state index in [4.69, 9.17) is 0 Å². The molecule has 1 unspecified atom stereocenters. The lowest BCUT2D eigenvalue weighted by molar-refractivity contribution is -0.119. The Bertz CT molecular complexity index is 738. The summed E-state index contributed by atoms with van der Waals surface area (Å²) in [6, 6.07) is 14.7. The van der Waals surface area contributed by atoms with Crippen LogP contribution in [0.4, 0.5) is 11.4 Å². The zero-order chi connectivity index (χ0) is 17.3. The topological polar surface area (TPSA) is 23.6 Å². The summed E-state index contributed by atoms with van der Waals surface area (Å²) >= 11 is 3.52. The van der Waals surface area contributed by atoms with Crippen molar-refractivity contribution in [2.45, 2.75) is 26.2 Å². The van der Waals surface area contributed by atoms with E-state index in [9.17, 15) is 4.79 Å². The molecule has 0 aromatic heterocycles. The molecule has 24 heavy (non-hydrogen) atoms. The molecule has 4 heteroatoms. The van der Waals surface area contributed by atoms with Crippen molar-refractivity contribution in [1.82, 2.24) is 0 Å². The van der Waals surface area contributed by atoms with Crippen molar-refractivity contribution in [3.8, 4) is 0 Å². The molecule has 1 heterocycles. The molecule has 3 rings (SSSR count). The van der Waals surface area contributed by atoms with Gasteiger partial charge < -0.3 is 9.80 Å². The predicted molar refractivity (Wildman–Crippen MR) is 104 cm³/mol. The number of benzene rings is 2. The van der Waals surface area contributed by atoms with Crippen LogP contribution in [-0.4, -0.2) is 26.0 Å². The standard InChI is InChI=1S/C20H23BrN2O/c1-4-23(5-2)16-9-6-14(7-10-16)12-18-17-13-15(21)8-11-19(17)22(3)20(18)24/h6-11,13,18H,4-5,12H2,1-3H3. The maximum absolute atomic E-state index is 12.6. The van der Waals surface area contributed by atoms with Gasteiger partial charge in [0.25, 0.3) is 0 Å². The quantitative estimate of drug-likeness (QED) is 0.749. The lowest BCUT2D eigenvalue weighted by Crippen LogP contribution is -2.25. The fraction of sp³-hybridized carbons (Fsp3) is 0.350. The zero-order valence-corrected chi connectivity index (χ0v) is 16.0. The van der Waals surface area contributed by atoms with Crippen molar-refractivity contribution in [1.29, 1.82) is 0 Å². The highest BCUT2D eigenvalue weighted by Crippen LogP contribution is 2.39. The molecule has 0 saturated heterocycles. The second-order valence-electron chi connectivity index (χ2n) is 6.20. The Hall–Kier alpha value is -1.81. The smallest absolute Gasteiger partial charge is 0.234 e. The van der Waals surface area contributed by atoms with E-state index in [1.54, 1.807) is 4.90 Å². The number of fused-ring (bicyclic) bond motifs is 1. The number of hydrogen-bond donors (Lipinski definition) is 0. The summed E-state index contributed by atoms with van der Waals surface area (Å²) in [4.78, 5) is 16.7. The molecular formula is C20H23BrN2O. The fourth-order valence-corrected chi connectivity index (χ4v) is 3.84.